The molecular weight excluding hydrogens is 534 g/mol. The number of methoxy groups -OCH3 is 3. The van der Waals surface area contributed by atoms with E-state index >= 15 is 0 Å². The van der Waals surface area contributed by atoms with Crippen LogP contribution in [0.5, 0.6) is 17.2 Å². The summed E-state index contributed by atoms with van der Waals surface area (Å²) in [6.45, 7) is 6.33. The standard InChI is InChI=1S/C35H46F2N2O3/c1-40-33-24-27(25-34(41-2)35(33)42-3)26-39-22-20-38(21-23-39)19-9-7-5-4-6-8-10-32(28-11-15-30(36)16-12-28)29-13-17-31(37)18-14-29/h11-18,24-25,32H,4-10,19-23,26H2,1-3H3. The topological polar surface area (TPSA) is 34.2 Å². The number of benzene rings is 3. The number of rotatable bonds is 16. The second kappa shape index (κ2) is 16.5. The molecule has 7 heteroatoms. The molecule has 1 aliphatic rings. The van der Waals surface area contributed by atoms with Gasteiger partial charge in [-0.2, -0.15) is 0 Å². The fraction of sp³-hybridized carbons (Fsp3) is 0.486. The van der Waals surface area contributed by atoms with Crippen LogP contribution in [0.2, 0.25) is 0 Å². The lowest BCUT2D eigenvalue weighted by Crippen LogP contribution is -2.46. The SMILES string of the molecule is COc1cc(CN2CCN(CCCCCCCCC(c3ccc(F)cc3)c3ccc(F)cc3)CC2)cc(OC)c1OC. The van der Waals surface area contributed by atoms with Gasteiger partial charge in [-0.05, 0) is 72.5 Å². The van der Waals surface area contributed by atoms with E-state index in [1.165, 1.54) is 61.9 Å². The van der Waals surface area contributed by atoms with Crippen LogP contribution < -0.4 is 14.2 Å². The molecule has 1 aliphatic heterocycles. The number of piperazine rings is 1. The van der Waals surface area contributed by atoms with Crippen LogP contribution in [-0.2, 0) is 6.54 Å². The molecule has 0 saturated carbocycles. The first-order valence-corrected chi connectivity index (χ1v) is 15.2. The molecule has 0 bridgehead atoms. The summed E-state index contributed by atoms with van der Waals surface area (Å²) in [5.41, 5.74) is 3.35. The van der Waals surface area contributed by atoms with Crippen molar-refractivity contribution in [3.05, 3.63) is 89.0 Å². The third-order valence-electron chi connectivity index (χ3n) is 8.36. The van der Waals surface area contributed by atoms with Crippen LogP contribution in [0.25, 0.3) is 0 Å². The molecule has 0 aliphatic carbocycles. The van der Waals surface area contributed by atoms with Gasteiger partial charge < -0.3 is 19.1 Å². The van der Waals surface area contributed by atoms with E-state index < -0.39 is 0 Å². The predicted molar refractivity (Wildman–Crippen MR) is 165 cm³/mol. The Morgan fingerprint density at radius 3 is 1.60 bits per heavy atom. The summed E-state index contributed by atoms with van der Waals surface area (Å²) in [5.74, 6) is 1.74. The predicted octanol–water partition coefficient (Wildman–Crippen LogP) is 7.67. The zero-order chi connectivity index (χ0) is 29.7. The van der Waals surface area contributed by atoms with Gasteiger partial charge in [-0.25, -0.2) is 8.78 Å². The van der Waals surface area contributed by atoms with Gasteiger partial charge in [-0.1, -0.05) is 56.4 Å². The molecule has 0 spiro atoms. The van der Waals surface area contributed by atoms with Crippen molar-refractivity contribution in [2.24, 2.45) is 0 Å². The van der Waals surface area contributed by atoms with Gasteiger partial charge in [0.15, 0.2) is 11.5 Å². The minimum atomic E-state index is -0.228. The molecule has 42 heavy (non-hydrogen) atoms. The maximum atomic E-state index is 13.5. The first kappa shape index (κ1) is 31.8. The third kappa shape index (κ3) is 9.17. The van der Waals surface area contributed by atoms with Crippen molar-refractivity contribution >= 4 is 0 Å². The van der Waals surface area contributed by atoms with E-state index in [9.17, 15) is 8.78 Å². The number of nitrogens with zero attached hydrogens (tertiary/aromatic N) is 2. The van der Waals surface area contributed by atoms with Crippen LogP contribution in [0.15, 0.2) is 60.7 Å². The van der Waals surface area contributed by atoms with E-state index in [2.05, 4.69) is 9.80 Å². The summed E-state index contributed by atoms with van der Waals surface area (Å²) < 4.78 is 43.4. The summed E-state index contributed by atoms with van der Waals surface area (Å²) in [4.78, 5) is 5.07. The van der Waals surface area contributed by atoms with Crippen LogP contribution in [0.3, 0.4) is 0 Å². The normalized spacial score (nSPS) is 14.3. The van der Waals surface area contributed by atoms with Crippen molar-refractivity contribution in [3.63, 3.8) is 0 Å². The van der Waals surface area contributed by atoms with Crippen molar-refractivity contribution in [2.45, 2.75) is 57.4 Å². The van der Waals surface area contributed by atoms with Gasteiger partial charge in [0.1, 0.15) is 11.6 Å². The van der Waals surface area contributed by atoms with Crippen molar-refractivity contribution in [1.82, 2.24) is 9.80 Å². The van der Waals surface area contributed by atoms with E-state index in [-0.39, 0.29) is 17.6 Å². The second-order valence-corrected chi connectivity index (χ2v) is 11.2. The van der Waals surface area contributed by atoms with Gasteiger partial charge in [0.05, 0.1) is 21.3 Å². The van der Waals surface area contributed by atoms with Crippen LogP contribution in [0.4, 0.5) is 8.78 Å². The molecule has 0 radical (unpaired) electrons. The molecule has 0 aromatic heterocycles. The summed E-state index contributed by atoms with van der Waals surface area (Å²) in [6.07, 6.45) is 8.23. The number of hydrogen-bond donors (Lipinski definition) is 0. The third-order valence-corrected chi connectivity index (χ3v) is 8.36. The van der Waals surface area contributed by atoms with Gasteiger partial charge in [0, 0.05) is 38.6 Å². The van der Waals surface area contributed by atoms with Crippen molar-refractivity contribution in [3.8, 4) is 17.2 Å². The lowest BCUT2D eigenvalue weighted by molar-refractivity contribution is 0.125. The Bertz CT molecular complexity index is 1140. The second-order valence-electron chi connectivity index (χ2n) is 11.2. The zero-order valence-corrected chi connectivity index (χ0v) is 25.4. The zero-order valence-electron chi connectivity index (χ0n) is 25.4. The highest BCUT2D eigenvalue weighted by atomic mass is 19.1. The Morgan fingerprint density at radius 2 is 1.10 bits per heavy atom. The van der Waals surface area contributed by atoms with Crippen LogP contribution in [0.1, 0.15) is 67.6 Å². The van der Waals surface area contributed by atoms with Gasteiger partial charge in [0.2, 0.25) is 5.75 Å². The Morgan fingerprint density at radius 1 is 0.619 bits per heavy atom. The van der Waals surface area contributed by atoms with Crippen LogP contribution in [0, 0.1) is 11.6 Å². The van der Waals surface area contributed by atoms with E-state index in [4.69, 9.17) is 14.2 Å². The molecule has 0 amide bonds. The van der Waals surface area contributed by atoms with Gasteiger partial charge in [0.25, 0.3) is 0 Å². The minimum Gasteiger partial charge on any atom is -0.493 e. The molecule has 0 unspecified atom stereocenters. The Kier molecular flexibility index (Phi) is 12.5. The molecule has 3 aromatic carbocycles. The molecule has 0 N–H and O–H groups in total. The van der Waals surface area contributed by atoms with E-state index in [0.717, 1.165) is 63.2 Å². The lowest BCUT2D eigenvalue weighted by Gasteiger charge is -2.34. The van der Waals surface area contributed by atoms with Crippen molar-refractivity contribution < 1.29 is 23.0 Å². The van der Waals surface area contributed by atoms with Crippen molar-refractivity contribution in [1.29, 1.82) is 0 Å². The van der Waals surface area contributed by atoms with Crippen molar-refractivity contribution in [2.75, 3.05) is 54.1 Å². The van der Waals surface area contributed by atoms with E-state index in [1.807, 2.05) is 36.4 Å². The smallest absolute Gasteiger partial charge is 0.203 e. The molecule has 1 heterocycles. The van der Waals surface area contributed by atoms with E-state index in [1.54, 1.807) is 21.3 Å². The Labute approximate surface area is 250 Å². The first-order valence-electron chi connectivity index (χ1n) is 15.2. The maximum absolute atomic E-state index is 13.5. The van der Waals surface area contributed by atoms with Gasteiger partial charge >= 0.3 is 0 Å². The number of halogens is 2. The van der Waals surface area contributed by atoms with Gasteiger partial charge in [-0.15, -0.1) is 0 Å². The first-order chi connectivity index (χ1) is 20.5. The lowest BCUT2D eigenvalue weighted by atomic mass is 9.86. The fourth-order valence-corrected chi connectivity index (χ4v) is 5.96. The van der Waals surface area contributed by atoms with Crippen LogP contribution in [-0.4, -0.2) is 63.9 Å². The summed E-state index contributed by atoms with van der Waals surface area (Å²) >= 11 is 0. The van der Waals surface area contributed by atoms with Gasteiger partial charge in [-0.3, -0.25) is 4.90 Å². The highest BCUT2D eigenvalue weighted by molar-refractivity contribution is 5.53. The quantitative estimate of drug-likeness (QED) is 0.163. The molecule has 5 nitrogen and oxygen atoms in total. The van der Waals surface area contributed by atoms with Crippen LogP contribution >= 0.6 is 0 Å². The molecule has 228 valence electrons. The molecule has 4 rings (SSSR count). The maximum Gasteiger partial charge on any atom is 0.203 e. The highest BCUT2D eigenvalue weighted by Gasteiger charge is 2.19. The molecular formula is C35H46F2N2O3. The number of ether oxygens (including phenoxy) is 3. The molecule has 3 aromatic rings. The summed E-state index contributed by atoms with van der Waals surface area (Å²) in [5, 5.41) is 0. The number of hydrogen-bond acceptors (Lipinski definition) is 5. The largest absolute Gasteiger partial charge is 0.493 e. The highest BCUT2D eigenvalue weighted by Crippen LogP contribution is 2.38. The average Bonchev–Trinajstić information content (AvgIpc) is 3.01. The summed E-state index contributed by atoms with van der Waals surface area (Å²) in [6, 6.07) is 17.6. The molecule has 1 saturated heterocycles. The van der Waals surface area contributed by atoms with E-state index in [0.29, 0.717) is 17.2 Å². The number of unbranched alkanes of at least 4 members (excludes halogenated alkanes) is 5. The Hall–Kier alpha value is -3.16. The monoisotopic (exact) mass is 580 g/mol. The fourth-order valence-electron chi connectivity index (χ4n) is 5.96. The molecule has 0 atom stereocenters. The average molecular weight is 581 g/mol. The summed E-state index contributed by atoms with van der Waals surface area (Å²) in [7, 11) is 4.94. The minimum absolute atomic E-state index is 0.165. The molecule has 1 fully saturated rings. The Balaban J connectivity index is 1.11.